The van der Waals surface area contributed by atoms with Crippen LogP contribution in [0.15, 0.2) is 0 Å². The molecular weight excluding hydrogens is 200 g/mol. The second-order valence-electron chi connectivity index (χ2n) is 5.80. The SMILES string of the molecule is C1CCC(C2CCCO2)(C2CCCO2)CC1. The lowest BCUT2D eigenvalue weighted by atomic mass is 9.65. The van der Waals surface area contributed by atoms with Gasteiger partial charge < -0.3 is 9.47 Å². The van der Waals surface area contributed by atoms with Crippen molar-refractivity contribution in [2.45, 2.75) is 70.0 Å². The molecule has 2 saturated heterocycles. The van der Waals surface area contributed by atoms with E-state index in [0.29, 0.717) is 17.6 Å². The van der Waals surface area contributed by atoms with Crippen molar-refractivity contribution in [2.24, 2.45) is 5.41 Å². The molecule has 0 aromatic carbocycles. The average molecular weight is 224 g/mol. The van der Waals surface area contributed by atoms with Gasteiger partial charge in [-0.05, 0) is 38.5 Å². The van der Waals surface area contributed by atoms with Gasteiger partial charge in [0.05, 0.1) is 12.2 Å². The van der Waals surface area contributed by atoms with Gasteiger partial charge >= 0.3 is 0 Å². The summed E-state index contributed by atoms with van der Waals surface area (Å²) in [6.45, 7) is 1.97. The molecule has 0 bridgehead atoms. The lowest BCUT2D eigenvalue weighted by molar-refractivity contribution is -0.107. The summed E-state index contributed by atoms with van der Waals surface area (Å²) < 4.78 is 12.1. The molecule has 92 valence electrons. The van der Waals surface area contributed by atoms with E-state index in [1.54, 1.807) is 0 Å². The molecule has 1 aliphatic carbocycles. The predicted octanol–water partition coefficient (Wildman–Crippen LogP) is 3.29. The lowest BCUT2D eigenvalue weighted by Crippen LogP contribution is -2.46. The number of ether oxygens (including phenoxy) is 2. The van der Waals surface area contributed by atoms with Gasteiger partial charge in [0.15, 0.2) is 0 Å². The van der Waals surface area contributed by atoms with Gasteiger partial charge in [0.1, 0.15) is 0 Å². The Morgan fingerprint density at radius 3 is 1.69 bits per heavy atom. The summed E-state index contributed by atoms with van der Waals surface area (Å²) in [4.78, 5) is 0. The topological polar surface area (TPSA) is 18.5 Å². The molecule has 0 aromatic heterocycles. The lowest BCUT2D eigenvalue weighted by Gasteiger charge is -2.45. The van der Waals surface area contributed by atoms with E-state index < -0.39 is 0 Å². The third-order valence-electron chi connectivity index (χ3n) is 4.93. The van der Waals surface area contributed by atoms with E-state index in [0.717, 1.165) is 13.2 Å². The molecular formula is C14H24O2. The van der Waals surface area contributed by atoms with Crippen LogP contribution in [0.4, 0.5) is 0 Å². The van der Waals surface area contributed by atoms with Crippen LogP contribution in [0.3, 0.4) is 0 Å². The van der Waals surface area contributed by atoms with Gasteiger partial charge in [-0.1, -0.05) is 19.3 Å². The highest BCUT2D eigenvalue weighted by Crippen LogP contribution is 2.49. The molecule has 2 nitrogen and oxygen atoms in total. The first-order valence-electron chi connectivity index (χ1n) is 7.15. The first-order valence-corrected chi connectivity index (χ1v) is 7.15. The van der Waals surface area contributed by atoms with Crippen LogP contribution >= 0.6 is 0 Å². The van der Waals surface area contributed by atoms with Crippen molar-refractivity contribution in [3.05, 3.63) is 0 Å². The smallest absolute Gasteiger partial charge is 0.0656 e. The van der Waals surface area contributed by atoms with Gasteiger partial charge in [-0.15, -0.1) is 0 Å². The fourth-order valence-electron chi connectivity index (χ4n) is 4.12. The van der Waals surface area contributed by atoms with E-state index in [2.05, 4.69) is 0 Å². The third kappa shape index (κ3) is 1.80. The van der Waals surface area contributed by atoms with Crippen LogP contribution in [0.5, 0.6) is 0 Å². The zero-order valence-electron chi connectivity index (χ0n) is 10.2. The van der Waals surface area contributed by atoms with Crippen LogP contribution in [0, 0.1) is 5.41 Å². The zero-order chi connectivity index (χ0) is 10.8. The maximum Gasteiger partial charge on any atom is 0.0656 e. The monoisotopic (exact) mass is 224 g/mol. The Morgan fingerprint density at radius 2 is 1.25 bits per heavy atom. The summed E-state index contributed by atoms with van der Waals surface area (Å²) >= 11 is 0. The molecule has 2 atom stereocenters. The Kier molecular flexibility index (Phi) is 3.21. The fraction of sp³-hybridized carbons (Fsp3) is 1.00. The largest absolute Gasteiger partial charge is 0.378 e. The second-order valence-corrected chi connectivity index (χ2v) is 5.80. The second kappa shape index (κ2) is 4.66. The van der Waals surface area contributed by atoms with E-state index in [-0.39, 0.29) is 0 Å². The highest BCUT2D eigenvalue weighted by atomic mass is 16.5. The van der Waals surface area contributed by atoms with Crippen molar-refractivity contribution in [1.29, 1.82) is 0 Å². The van der Waals surface area contributed by atoms with Crippen molar-refractivity contribution in [2.75, 3.05) is 13.2 Å². The Bertz CT molecular complexity index is 203. The molecule has 0 amide bonds. The summed E-state index contributed by atoms with van der Waals surface area (Å²) in [6, 6.07) is 0. The van der Waals surface area contributed by atoms with Crippen LogP contribution < -0.4 is 0 Å². The molecule has 2 heteroatoms. The maximum absolute atomic E-state index is 6.03. The zero-order valence-corrected chi connectivity index (χ0v) is 10.2. The third-order valence-corrected chi connectivity index (χ3v) is 4.93. The quantitative estimate of drug-likeness (QED) is 0.716. The van der Waals surface area contributed by atoms with Crippen molar-refractivity contribution in [3.8, 4) is 0 Å². The Morgan fingerprint density at radius 1 is 0.688 bits per heavy atom. The molecule has 2 aliphatic heterocycles. The van der Waals surface area contributed by atoms with Crippen LogP contribution in [0.1, 0.15) is 57.8 Å². The molecule has 3 fully saturated rings. The van der Waals surface area contributed by atoms with E-state index in [9.17, 15) is 0 Å². The van der Waals surface area contributed by atoms with Gasteiger partial charge in [-0.25, -0.2) is 0 Å². The predicted molar refractivity (Wildman–Crippen MR) is 63.5 cm³/mol. The van der Waals surface area contributed by atoms with Crippen LogP contribution in [0.25, 0.3) is 0 Å². The van der Waals surface area contributed by atoms with Crippen LogP contribution in [-0.2, 0) is 9.47 Å². The molecule has 0 spiro atoms. The number of hydrogen-bond acceptors (Lipinski definition) is 2. The summed E-state index contributed by atoms with van der Waals surface area (Å²) in [5, 5.41) is 0. The summed E-state index contributed by atoms with van der Waals surface area (Å²) in [7, 11) is 0. The van der Waals surface area contributed by atoms with Crippen molar-refractivity contribution >= 4 is 0 Å². The van der Waals surface area contributed by atoms with E-state index >= 15 is 0 Å². The summed E-state index contributed by atoms with van der Waals surface area (Å²) in [5.41, 5.74) is 0.394. The maximum atomic E-state index is 6.03. The molecule has 0 radical (unpaired) electrons. The highest BCUT2D eigenvalue weighted by molar-refractivity contribution is 4.98. The van der Waals surface area contributed by atoms with E-state index in [1.807, 2.05) is 0 Å². The Hall–Kier alpha value is -0.0800. The molecule has 16 heavy (non-hydrogen) atoms. The van der Waals surface area contributed by atoms with E-state index in [1.165, 1.54) is 57.8 Å². The molecule has 1 saturated carbocycles. The van der Waals surface area contributed by atoms with Crippen molar-refractivity contribution in [3.63, 3.8) is 0 Å². The Balaban J connectivity index is 1.79. The van der Waals surface area contributed by atoms with Gasteiger partial charge in [-0.2, -0.15) is 0 Å². The normalized spacial score (nSPS) is 39.0. The number of hydrogen-bond donors (Lipinski definition) is 0. The minimum atomic E-state index is 0.394. The van der Waals surface area contributed by atoms with Crippen LogP contribution in [-0.4, -0.2) is 25.4 Å². The molecule has 0 N–H and O–H groups in total. The molecule has 2 heterocycles. The molecule has 2 unspecified atom stereocenters. The number of rotatable bonds is 2. The van der Waals surface area contributed by atoms with Gasteiger partial charge in [-0.3, -0.25) is 0 Å². The summed E-state index contributed by atoms with van der Waals surface area (Å²) in [5.74, 6) is 0. The first kappa shape index (κ1) is 11.0. The fourth-order valence-corrected chi connectivity index (χ4v) is 4.12. The summed E-state index contributed by atoms with van der Waals surface area (Å²) in [6.07, 6.45) is 13.0. The first-order chi connectivity index (χ1) is 7.92. The van der Waals surface area contributed by atoms with Gasteiger partial charge in [0, 0.05) is 18.6 Å². The van der Waals surface area contributed by atoms with Crippen LogP contribution in [0.2, 0.25) is 0 Å². The molecule has 3 rings (SSSR count). The van der Waals surface area contributed by atoms with Crippen molar-refractivity contribution < 1.29 is 9.47 Å². The minimum absolute atomic E-state index is 0.394. The standard InChI is InChI=1S/C14H24O2/c1-2-8-14(9-3-1,12-6-4-10-15-12)13-7-5-11-16-13/h12-13H,1-11H2. The molecule has 0 aromatic rings. The van der Waals surface area contributed by atoms with Gasteiger partial charge in [0.25, 0.3) is 0 Å². The highest BCUT2D eigenvalue weighted by Gasteiger charge is 2.49. The Labute approximate surface area is 98.7 Å². The van der Waals surface area contributed by atoms with Gasteiger partial charge in [0.2, 0.25) is 0 Å². The molecule has 3 aliphatic rings. The average Bonchev–Trinajstić information content (AvgIpc) is 3.04. The minimum Gasteiger partial charge on any atom is -0.378 e. The van der Waals surface area contributed by atoms with Crippen molar-refractivity contribution in [1.82, 2.24) is 0 Å². The van der Waals surface area contributed by atoms with E-state index in [4.69, 9.17) is 9.47 Å².